The number of hydrogen-bond acceptors (Lipinski definition) is 4. The van der Waals surface area contributed by atoms with Crippen LogP contribution in [0, 0.1) is 5.92 Å². The van der Waals surface area contributed by atoms with Gasteiger partial charge in [0.1, 0.15) is 0 Å². The van der Waals surface area contributed by atoms with E-state index in [1.54, 1.807) is 6.33 Å². The lowest BCUT2D eigenvalue weighted by atomic mass is 9.92. The fraction of sp³-hybridized carbons (Fsp3) is 0.400. The first-order valence-corrected chi connectivity index (χ1v) is 7.25. The number of pyridine rings is 1. The standard InChI is InChI=1S/C15H17N5O/c1-4-21-14(5-11(1)8-20-3-2-16-10-20)12-6-13-15(17-7-12)19-9-18-13/h2-3,6-7,9-11,14H,1,4-5,8H2,(H,17,18,19). The quantitative estimate of drug-likeness (QED) is 0.801. The summed E-state index contributed by atoms with van der Waals surface area (Å²) in [5.74, 6) is 0.607. The van der Waals surface area contributed by atoms with E-state index in [-0.39, 0.29) is 6.10 Å². The molecule has 1 aliphatic heterocycles. The summed E-state index contributed by atoms with van der Waals surface area (Å²) in [4.78, 5) is 15.7. The maximum atomic E-state index is 5.94. The van der Waals surface area contributed by atoms with Gasteiger partial charge in [0.25, 0.3) is 0 Å². The predicted octanol–water partition coefficient (Wildman–Crippen LogP) is 2.32. The number of nitrogens with one attached hydrogen (secondary N) is 1. The molecule has 108 valence electrons. The van der Waals surface area contributed by atoms with Crippen molar-refractivity contribution in [2.24, 2.45) is 5.92 Å². The number of ether oxygens (including phenoxy) is 1. The van der Waals surface area contributed by atoms with E-state index in [4.69, 9.17) is 4.74 Å². The molecule has 0 bridgehead atoms. The van der Waals surface area contributed by atoms with Gasteiger partial charge in [-0.05, 0) is 24.8 Å². The van der Waals surface area contributed by atoms with Gasteiger partial charge in [-0.15, -0.1) is 0 Å². The fourth-order valence-corrected chi connectivity index (χ4v) is 2.98. The van der Waals surface area contributed by atoms with Crippen molar-refractivity contribution in [2.45, 2.75) is 25.5 Å². The monoisotopic (exact) mass is 283 g/mol. The molecule has 4 rings (SSSR count). The number of H-pyrrole nitrogens is 1. The van der Waals surface area contributed by atoms with Crippen LogP contribution in [0.1, 0.15) is 24.5 Å². The Kier molecular flexibility index (Phi) is 3.16. The SMILES string of the molecule is c1cn(CC2CCOC(c3cnc4nc[nH]c4c3)C2)cn1. The Hall–Kier alpha value is -2.21. The molecule has 0 amide bonds. The Morgan fingerprint density at radius 3 is 3.29 bits per heavy atom. The second kappa shape index (κ2) is 5.29. The van der Waals surface area contributed by atoms with Crippen molar-refractivity contribution in [3.8, 4) is 0 Å². The van der Waals surface area contributed by atoms with Gasteiger partial charge in [-0.25, -0.2) is 15.0 Å². The normalized spacial score (nSPS) is 22.7. The van der Waals surface area contributed by atoms with Crippen molar-refractivity contribution in [1.29, 1.82) is 0 Å². The van der Waals surface area contributed by atoms with Crippen LogP contribution in [0.25, 0.3) is 11.2 Å². The Morgan fingerprint density at radius 2 is 2.38 bits per heavy atom. The van der Waals surface area contributed by atoms with Crippen LogP contribution >= 0.6 is 0 Å². The largest absolute Gasteiger partial charge is 0.373 e. The van der Waals surface area contributed by atoms with Gasteiger partial charge in [-0.2, -0.15) is 0 Å². The summed E-state index contributed by atoms with van der Waals surface area (Å²) in [5, 5.41) is 0. The second-order valence-electron chi connectivity index (χ2n) is 5.55. The number of rotatable bonds is 3. The first-order chi connectivity index (χ1) is 10.4. The van der Waals surface area contributed by atoms with Crippen molar-refractivity contribution in [3.63, 3.8) is 0 Å². The zero-order chi connectivity index (χ0) is 14.1. The van der Waals surface area contributed by atoms with Gasteiger partial charge >= 0.3 is 0 Å². The maximum Gasteiger partial charge on any atom is 0.177 e. The molecular weight excluding hydrogens is 266 g/mol. The third-order valence-corrected chi connectivity index (χ3v) is 4.09. The van der Waals surface area contributed by atoms with E-state index in [0.29, 0.717) is 5.92 Å². The van der Waals surface area contributed by atoms with Gasteiger partial charge in [-0.3, -0.25) is 0 Å². The van der Waals surface area contributed by atoms with E-state index in [9.17, 15) is 0 Å². The highest BCUT2D eigenvalue weighted by Crippen LogP contribution is 2.32. The smallest absolute Gasteiger partial charge is 0.177 e. The lowest BCUT2D eigenvalue weighted by Gasteiger charge is -2.29. The van der Waals surface area contributed by atoms with Gasteiger partial charge in [0.15, 0.2) is 5.65 Å². The molecule has 1 aliphatic rings. The number of fused-ring (bicyclic) bond motifs is 1. The summed E-state index contributed by atoms with van der Waals surface area (Å²) in [6.07, 6.45) is 11.5. The number of imidazole rings is 2. The number of hydrogen-bond donors (Lipinski definition) is 1. The molecule has 0 saturated carbocycles. The third-order valence-electron chi connectivity index (χ3n) is 4.09. The molecule has 6 nitrogen and oxygen atoms in total. The van der Waals surface area contributed by atoms with E-state index in [0.717, 1.165) is 42.7 Å². The molecule has 6 heteroatoms. The van der Waals surface area contributed by atoms with Gasteiger partial charge in [0, 0.05) is 37.3 Å². The molecule has 0 aliphatic carbocycles. The molecule has 1 N–H and O–H groups in total. The molecule has 21 heavy (non-hydrogen) atoms. The first kappa shape index (κ1) is 12.5. The maximum absolute atomic E-state index is 5.94. The summed E-state index contributed by atoms with van der Waals surface area (Å²) in [6.45, 7) is 1.80. The highest BCUT2D eigenvalue weighted by Gasteiger charge is 2.24. The Bertz CT molecular complexity index is 721. The van der Waals surface area contributed by atoms with Crippen molar-refractivity contribution >= 4 is 11.2 Å². The average molecular weight is 283 g/mol. The molecule has 0 spiro atoms. The van der Waals surface area contributed by atoms with Crippen molar-refractivity contribution < 1.29 is 4.74 Å². The van der Waals surface area contributed by atoms with E-state index in [2.05, 4.69) is 30.6 Å². The lowest BCUT2D eigenvalue weighted by molar-refractivity contribution is -0.0139. The minimum absolute atomic E-state index is 0.118. The summed E-state index contributed by atoms with van der Waals surface area (Å²) in [5.41, 5.74) is 2.85. The van der Waals surface area contributed by atoms with Gasteiger partial charge in [-0.1, -0.05) is 0 Å². The van der Waals surface area contributed by atoms with Crippen LogP contribution in [0.5, 0.6) is 0 Å². The topological polar surface area (TPSA) is 68.6 Å². The molecular formula is C15H17N5O. The Balaban J connectivity index is 1.51. The Labute approximate surface area is 122 Å². The molecule has 2 unspecified atom stereocenters. The molecule has 2 atom stereocenters. The molecule has 0 radical (unpaired) electrons. The van der Waals surface area contributed by atoms with E-state index < -0.39 is 0 Å². The molecule has 0 aromatic carbocycles. The van der Waals surface area contributed by atoms with Crippen LogP contribution in [-0.4, -0.2) is 31.1 Å². The lowest BCUT2D eigenvalue weighted by Crippen LogP contribution is -2.23. The fourth-order valence-electron chi connectivity index (χ4n) is 2.98. The zero-order valence-electron chi connectivity index (χ0n) is 11.6. The van der Waals surface area contributed by atoms with Crippen LogP contribution < -0.4 is 0 Å². The predicted molar refractivity (Wildman–Crippen MR) is 77.5 cm³/mol. The average Bonchev–Trinajstić information content (AvgIpc) is 3.17. The summed E-state index contributed by atoms with van der Waals surface area (Å²) >= 11 is 0. The van der Waals surface area contributed by atoms with E-state index >= 15 is 0 Å². The second-order valence-corrected chi connectivity index (χ2v) is 5.55. The summed E-state index contributed by atoms with van der Waals surface area (Å²) in [6, 6.07) is 2.10. The molecule has 3 aromatic heterocycles. The number of aromatic amines is 1. The van der Waals surface area contributed by atoms with Crippen LogP contribution in [0.2, 0.25) is 0 Å². The zero-order valence-corrected chi connectivity index (χ0v) is 11.6. The highest BCUT2D eigenvalue weighted by molar-refractivity contribution is 5.70. The van der Waals surface area contributed by atoms with Crippen LogP contribution in [-0.2, 0) is 11.3 Å². The van der Waals surface area contributed by atoms with Crippen molar-refractivity contribution in [3.05, 3.63) is 42.9 Å². The summed E-state index contributed by atoms with van der Waals surface area (Å²) < 4.78 is 8.08. The Morgan fingerprint density at radius 1 is 1.38 bits per heavy atom. The van der Waals surface area contributed by atoms with Gasteiger partial charge in [0.05, 0.1) is 24.3 Å². The molecule has 3 aromatic rings. The van der Waals surface area contributed by atoms with Crippen LogP contribution in [0.4, 0.5) is 0 Å². The van der Waals surface area contributed by atoms with Crippen LogP contribution in [0.15, 0.2) is 37.3 Å². The number of aromatic nitrogens is 5. The van der Waals surface area contributed by atoms with Crippen LogP contribution in [0.3, 0.4) is 0 Å². The van der Waals surface area contributed by atoms with E-state index in [1.165, 1.54) is 0 Å². The van der Waals surface area contributed by atoms with Gasteiger partial charge < -0.3 is 14.3 Å². The third kappa shape index (κ3) is 2.54. The summed E-state index contributed by atoms with van der Waals surface area (Å²) in [7, 11) is 0. The minimum atomic E-state index is 0.118. The minimum Gasteiger partial charge on any atom is -0.373 e. The first-order valence-electron chi connectivity index (χ1n) is 7.25. The molecule has 1 saturated heterocycles. The number of nitrogens with zero attached hydrogens (tertiary/aromatic N) is 4. The van der Waals surface area contributed by atoms with E-state index in [1.807, 2.05) is 24.9 Å². The molecule has 4 heterocycles. The van der Waals surface area contributed by atoms with Crippen molar-refractivity contribution in [1.82, 2.24) is 24.5 Å². The van der Waals surface area contributed by atoms with Gasteiger partial charge in [0.2, 0.25) is 0 Å². The van der Waals surface area contributed by atoms with Crippen molar-refractivity contribution in [2.75, 3.05) is 6.61 Å². The highest BCUT2D eigenvalue weighted by atomic mass is 16.5. The molecule has 1 fully saturated rings.